The minimum atomic E-state index is -4.42. The van der Waals surface area contributed by atoms with E-state index in [0.29, 0.717) is 29.4 Å². The van der Waals surface area contributed by atoms with Gasteiger partial charge in [-0.25, -0.2) is 9.97 Å². The summed E-state index contributed by atoms with van der Waals surface area (Å²) in [6, 6.07) is 24.4. The molecular weight excluding hydrogens is 437 g/mol. The first-order chi connectivity index (χ1) is 16.5. The summed E-state index contributed by atoms with van der Waals surface area (Å²) in [4.78, 5) is 12.5. The zero-order chi connectivity index (χ0) is 23.5. The zero-order valence-corrected chi connectivity index (χ0v) is 18.1. The molecule has 0 unspecified atom stereocenters. The fourth-order valence-electron chi connectivity index (χ4n) is 3.92. The Kier molecular flexibility index (Phi) is 5.76. The standard InChI is InChI=1S/C27H21F3N4/c28-27(29,30)21-10-6-9-19(15-21)24-16-25(34-26(33-24)18-7-2-1-3-8-18)31-14-13-20-17-32-23-12-5-4-11-22(20)23/h1-12,15-17,32H,13-14H2,(H,31,33,34). The van der Waals surface area contributed by atoms with Gasteiger partial charge in [0.25, 0.3) is 0 Å². The van der Waals surface area contributed by atoms with E-state index in [-0.39, 0.29) is 0 Å². The lowest BCUT2D eigenvalue weighted by Gasteiger charge is -2.12. The van der Waals surface area contributed by atoms with Crippen molar-refractivity contribution in [2.45, 2.75) is 12.6 Å². The van der Waals surface area contributed by atoms with Gasteiger partial charge in [-0.2, -0.15) is 13.2 Å². The monoisotopic (exact) mass is 458 g/mol. The number of rotatable bonds is 6. The molecule has 2 heterocycles. The number of nitrogens with zero attached hydrogens (tertiary/aromatic N) is 2. The first-order valence-corrected chi connectivity index (χ1v) is 10.9. The van der Waals surface area contributed by atoms with Gasteiger partial charge in [0.2, 0.25) is 0 Å². The van der Waals surface area contributed by atoms with Crippen LogP contribution in [-0.2, 0) is 12.6 Å². The van der Waals surface area contributed by atoms with Crippen LogP contribution in [0.15, 0.2) is 91.1 Å². The van der Waals surface area contributed by atoms with Crippen molar-refractivity contribution in [2.75, 3.05) is 11.9 Å². The Hall–Kier alpha value is -4.13. The van der Waals surface area contributed by atoms with Crippen LogP contribution in [-0.4, -0.2) is 21.5 Å². The van der Waals surface area contributed by atoms with Crippen molar-refractivity contribution in [3.63, 3.8) is 0 Å². The van der Waals surface area contributed by atoms with E-state index < -0.39 is 11.7 Å². The number of halogens is 3. The number of hydrogen-bond acceptors (Lipinski definition) is 3. The molecule has 5 aromatic rings. The lowest BCUT2D eigenvalue weighted by atomic mass is 10.1. The average Bonchev–Trinajstić information content (AvgIpc) is 3.27. The van der Waals surface area contributed by atoms with Gasteiger partial charge in [-0.15, -0.1) is 0 Å². The summed E-state index contributed by atoms with van der Waals surface area (Å²) in [6.07, 6.45) is -1.67. The molecule has 0 saturated carbocycles. The molecule has 0 atom stereocenters. The molecule has 3 aromatic carbocycles. The van der Waals surface area contributed by atoms with Gasteiger partial charge in [0.15, 0.2) is 5.82 Å². The Morgan fingerprint density at radius 2 is 1.56 bits per heavy atom. The fourth-order valence-corrected chi connectivity index (χ4v) is 3.92. The van der Waals surface area contributed by atoms with Crippen molar-refractivity contribution in [3.8, 4) is 22.6 Å². The minimum absolute atomic E-state index is 0.383. The van der Waals surface area contributed by atoms with E-state index in [2.05, 4.69) is 26.3 Å². The van der Waals surface area contributed by atoms with Gasteiger partial charge in [-0.05, 0) is 30.2 Å². The minimum Gasteiger partial charge on any atom is -0.370 e. The van der Waals surface area contributed by atoms with E-state index in [9.17, 15) is 13.2 Å². The molecule has 7 heteroatoms. The third kappa shape index (κ3) is 4.64. The van der Waals surface area contributed by atoms with Crippen molar-refractivity contribution < 1.29 is 13.2 Å². The second-order valence-corrected chi connectivity index (χ2v) is 7.94. The molecule has 2 N–H and O–H groups in total. The summed E-state index contributed by atoms with van der Waals surface area (Å²) >= 11 is 0. The number of aromatic nitrogens is 3. The molecule has 0 amide bonds. The van der Waals surface area contributed by atoms with Gasteiger partial charge in [0, 0.05) is 40.8 Å². The second-order valence-electron chi connectivity index (χ2n) is 7.94. The van der Waals surface area contributed by atoms with E-state index in [1.54, 1.807) is 12.1 Å². The van der Waals surface area contributed by atoms with Crippen LogP contribution in [0.2, 0.25) is 0 Å². The lowest BCUT2D eigenvalue weighted by molar-refractivity contribution is -0.137. The zero-order valence-electron chi connectivity index (χ0n) is 18.1. The first kappa shape index (κ1) is 21.7. The van der Waals surface area contributed by atoms with Crippen LogP contribution in [0.3, 0.4) is 0 Å². The molecule has 0 radical (unpaired) electrons. The van der Waals surface area contributed by atoms with Gasteiger partial charge < -0.3 is 10.3 Å². The van der Waals surface area contributed by atoms with Gasteiger partial charge in [-0.1, -0.05) is 60.7 Å². The van der Waals surface area contributed by atoms with Crippen molar-refractivity contribution >= 4 is 16.7 Å². The smallest absolute Gasteiger partial charge is 0.370 e. The molecule has 0 aliphatic rings. The maximum Gasteiger partial charge on any atom is 0.416 e. The molecule has 0 spiro atoms. The molecule has 0 bridgehead atoms. The normalized spacial score (nSPS) is 11.6. The molecule has 170 valence electrons. The Morgan fingerprint density at radius 1 is 0.794 bits per heavy atom. The summed E-state index contributed by atoms with van der Waals surface area (Å²) < 4.78 is 39.8. The number of alkyl halides is 3. The third-order valence-corrected chi connectivity index (χ3v) is 5.62. The molecule has 0 saturated heterocycles. The van der Waals surface area contributed by atoms with E-state index in [0.717, 1.165) is 29.6 Å². The predicted molar refractivity (Wildman–Crippen MR) is 128 cm³/mol. The number of H-pyrrole nitrogens is 1. The molecule has 0 aliphatic heterocycles. The summed E-state index contributed by atoms with van der Waals surface area (Å²) in [5, 5.41) is 4.49. The highest BCUT2D eigenvalue weighted by Crippen LogP contribution is 2.32. The lowest BCUT2D eigenvalue weighted by Crippen LogP contribution is -2.08. The number of benzene rings is 3. The van der Waals surface area contributed by atoms with Crippen molar-refractivity contribution in [3.05, 3.63) is 102 Å². The first-order valence-electron chi connectivity index (χ1n) is 10.9. The summed E-state index contributed by atoms with van der Waals surface area (Å²) in [7, 11) is 0. The van der Waals surface area contributed by atoms with Gasteiger partial charge in [0.1, 0.15) is 5.82 Å². The van der Waals surface area contributed by atoms with E-state index in [4.69, 9.17) is 0 Å². The Balaban J connectivity index is 1.46. The van der Waals surface area contributed by atoms with E-state index in [1.807, 2.05) is 54.7 Å². The maximum atomic E-state index is 13.3. The maximum absolute atomic E-state index is 13.3. The number of nitrogens with one attached hydrogen (secondary N) is 2. The van der Waals surface area contributed by atoms with Crippen LogP contribution in [0.5, 0.6) is 0 Å². The van der Waals surface area contributed by atoms with E-state index >= 15 is 0 Å². The molecule has 2 aromatic heterocycles. The summed E-state index contributed by atoms with van der Waals surface area (Å²) in [5.74, 6) is 1.01. The van der Waals surface area contributed by atoms with Crippen LogP contribution >= 0.6 is 0 Å². The average molecular weight is 458 g/mol. The van der Waals surface area contributed by atoms with Crippen LogP contribution in [0, 0.1) is 0 Å². The number of hydrogen-bond donors (Lipinski definition) is 2. The molecule has 0 aliphatic carbocycles. The quantitative estimate of drug-likeness (QED) is 0.289. The van der Waals surface area contributed by atoms with Crippen LogP contribution in [0.1, 0.15) is 11.1 Å². The molecule has 4 nitrogen and oxygen atoms in total. The Morgan fingerprint density at radius 3 is 2.38 bits per heavy atom. The number of fused-ring (bicyclic) bond motifs is 1. The highest BCUT2D eigenvalue weighted by molar-refractivity contribution is 5.83. The highest BCUT2D eigenvalue weighted by Gasteiger charge is 2.30. The third-order valence-electron chi connectivity index (χ3n) is 5.62. The Labute approximate surface area is 194 Å². The predicted octanol–water partition coefficient (Wildman–Crippen LogP) is 6.97. The van der Waals surface area contributed by atoms with Crippen LogP contribution in [0.25, 0.3) is 33.5 Å². The molecule has 34 heavy (non-hydrogen) atoms. The summed E-state index contributed by atoms with van der Waals surface area (Å²) in [6.45, 7) is 0.606. The van der Waals surface area contributed by atoms with Crippen LogP contribution in [0.4, 0.5) is 19.0 Å². The van der Waals surface area contributed by atoms with Crippen molar-refractivity contribution in [1.29, 1.82) is 0 Å². The van der Waals surface area contributed by atoms with Crippen molar-refractivity contribution in [2.24, 2.45) is 0 Å². The van der Waals surface area contributed by atoms with E-state index in [1.165, 1.54) is 17.0 Å². The van der Waals surface area contributed by atoms with Crippen LogP contribution < -0.4 is 5.32 Å². The van der Waals surface area contributed by atoms with Gasteiger partial charge in [0.05, 0.1) is 11.3 Å². The van der Waals surface area contributed by atoms with Gasteiger partial charge >= 0.3 is 6.18 Å². The second kappa shape index (κ2) is 9.02. The molecular formula is C27H21F3N4. The molecule has 0 fully saturated rings. The van der Waals surface area contributed by atoms with Crippen molar-refractivity contribution in [1.82, 2.24) is 15.0 Å². The fraction of sp³-hybridized carbons (Fsp3) is 0.111. The number of anilines is 1. The largest absolute Gasteiger partial charge is 0.416 e. The number of aromatic amines is 1. The highest BCUT2D eigenvalue weighted by atomic mass is 19.4. The van der Waals surface area contributed by atoms with Gasteiger partial charge in [-0.3, -0.25) is 0 Å². The number of para-hydroxylation sites is 1. The topological polar surface area (TPSA) is 53.6 Å². The molecule has 5 rings (SSSR count). The summed E-state index contributed by atoms with van der Waals surface area (Å²) in [5.41, 5.74) is 3.15. The SMILES string of the molecule is FC(F)(F)c1cccc(-c2cc(NCCc3c[nH]c4ccccc34)nc(-c3ccccc3)n2)c1. The Bertz CT molecular complexity index is 1430.